The van der Waals surface area contributed by atoms with E-state index in [4.69, 9.17) is 5.11 Å². The van der Waals surface area contributed by atoms with Crippen molar-refractivity contribution in [2.75, 3.05) is 5.75 Å². The molecule has 106 valence electrons. The van der Waals surface area contributed by atoms with Gasteiger partial charge in [0.05, 0.1) is 4.90 Å². The summed E-state index contributed by atoms with van der Waals surface area (Å²) in [5.74, 6) is -2.25. The molecule has 0 radical (unpaired) electrons. The van der Waals surface area contributed by atoms with Crippen LogP contribution in [-0.4, -0.2) is 37.3 Å². The van der Waals surface area contributed by atoms with Crippen molar-refractivity contribution in [1.82, 2.24) is 0 Å². The van der Waals surface area contributed by atoms with Crippen LogP contribution in [0, 0.1) is 0 Å². The van der Waals surface area contributed by atoms with Gasteiger partial charge in [0.25, 0.3) is 0 Å². The molecule has 0 aromatic heterocycles. The van der Waals surface area contributed by atoms with Crippen molar-refractivity contribution >= 4 is 15.6 Å². The van der Waals surface area contributed by atoms with Crippen LogP contribution in [0.15, 0.2) is 35.2 Å². The number of carbonyl (C=O) groups excluding carboxylic acids is 1. The molecule has 1 aromatic rings. The first-order valence-electron chi connectivity index (χ1n) is 5.17. The van der Waals surface area contributed by atoms with E-state index in [-0.39, 0.29) is 4.90 Å². The lowest BCUT2D eigenvalue weighted by Gasteiger charge is -2.13. The lowest BCUT2D eigenvalue weighted by atomic mass is 10.2. The van der Waals surface area contributed by atoms with Crippen LogP contribution in [0.1, 0.15) is 6.42 Å². The summed E-state index contributed by atoms with van der Waals surface area (Å²) in [7, 11) is -3.98. The van der Waals surface area contributed by atoms with Crippen LogP contribution in [0.2, 0.25) is 0 Å². The highest BCUT2D eigenvalue weighted by Gasteiger charge is 2.39. The van der Waals surface area contributed by atoms with Gasteiger partial charge in [-0.15, -0.1) is 0 Å². The second-order valence-corrected chi connectivity index (χ2v) is 5.86. The number of hydrogen-bond acceptors (Lipinski definition) is 4. The zero-order valence-electron chi connectivity index (χ0n) is 9.59. The topological polar surface area (TPSA) is 71.4 Å². The first kappa shape index (κ1) is 15.6. The number of halogens is 3. The van der Waals surface area contributed by atoms with Crippen LogP contribution in [0.5, 0.6) is 0 Å². The van der Waals surface area contributed by atoms with Crippen molar-refractivity contribution in [2.45, 2.75) is 23.6 Å². The fourth-order valence-electron chi connectivity index (χ4n) is 1.31. The average molecular weight is 296 g/mol. The predicted octanol–water partition coefficient (Wildman–Crippen LogP) is 1.34. The monoisotopic (exact) mass is 296 g/mol. The van der Waals surface area contributed by atoms with Gasteiger partial charge < -0.3 is 5.11 Å². The summed E-state index contributed by atoms with van der Waals surface area (Å²) in [5, 5.41) is 8.68. The van der Waals surface area contributed by atoms with E-state index in [2.05, 4.69) is 0 Å². The highest BCUT2D eigenvalue weighted by atomic mass is 32.2. The van der Waals surface area contributed by atoms with Crippen LogP contribution >= 0.6 is 0 Å². The van der Waals surface area contributed by atoms with Gasteiger partial charge in [-0.1, -0.05) is 18.2 Å². The number of ketones is 1. The fraction of sp³-hybridized carbons (Fsp3) is 0.364. The van der Waals surface area contributed by atoms with Crippen LogP contribution in [0.3, 0.4) is 0 Å². The zero-order valence-corrected chi connectivity index (χ0v) is 10.4. The van der Waals surface area contributed by atoms with Gasteiger partial charge in [-0.3, -0.25) is 4.79 Å². The molecule has 0 aliphatic heterocycles. The molecule has 1 N–H and O–H groups in total. The smallest absolute Gasteiger partial charge is 0.383 e. The van der Waals surface area contributed by atoms with E-state index in [0.717, 1.165) is 0 Å². The Hall–Kier alpha value is -1.41. The van der Waals surface area contributed by atoms with E-state index in [9.17, 15) is 26.4 Å². The van der Waals surface area contributed by atoms with Gasteiger partial charge in [0.1, 0.15) is 5.75 Å². The quantitative estimate of drug-likeness (QED) is 0.890. The van der Waals surface area contributed by atoms with Crippen molar-refractivity contribution in [3.05, 3.63) is 30.3 Å². The summed E-state index contributed by atoms with van der Waals surface area (Å²) in [6, 6.07) is 6.91. The minimum atomic E-state index is -4.94. The largest absolute Gasteiger partial charge is 0.414 e. The molecular weight excluding hydrogens is 285 g/mol. The third-order valence-corrected chi connectivity index (χ3v) is 3.94. The van der Waals surface area contributed by atoms with Gasteiger partial charge in [-0.25, -0.2) is 8.42 Å². The molecule has 0 amide bonds. The van der Waals surface area contributed by atoms with Gasteiger partial charge in [0.2, 0.25) is 0 Å². The normalized spacial score (nSPS) is 14.1. The van der Waals surface area contributed by atoms with E-state index < -0.39 is 40.1 Å². The average Bonchev–Trinajstić information content (AvgIpc) is 2.28. The summed E-state index contributed by atoms with van der Waals surface area (Å²) < 4.78 is 59.4. The predicted molar refractivity (Wildman–Crippen MR) is 60.2 cm³/mol. The van der Waals surface area contributed by atoms with Crippen molar-refractivity contribution in [3.63, 3.8) is 0 Å². The van der Waals surface area contributed by atoms with Crippen molar-refractivity contribution < 1.29 is 31.5 Å². The number of alkyl halides is 3. The molecule has 8 heteroatoms. The Morgan fingerprint density at radius 2 is 1.74 bits per heavy atom. The molecule has 0 aliphatic carbocycles. The molecule has 1 rings (SSSR count). The lowest BCUT2D eigenvalue weighted by Crippen LogP contribution is -2.32. The van der Waals surface area contributed by atoms with E-state index in [1.807, 2.05) is 0 Å². The maximum absolute atomic E-state index is 12.0. The minimum absolute atomic E-state index is 0.148. The van der Waals surface area contributed by atoms with Gasteiger partial charge >= 0.3 is 6.18 Å². The fourth-order valence-corrected chi connectivity index (χ4v) is 2.59. The first-order valence-corrected chi connectivity index (χ1v) is 6.82. The van der Waals surface area contributed by atoms with Crippen LogP contribution in [0.4, 0.5) is 13.2 Å². The maximum Gasteiger partial charge on any atom is 0.414 e. The molecule has 19 heavy (non-hydrogen) atoms. The summed E-state index contributed by atoms with van der Waals surface area (Å²) in [5.41, 5.74) is 0. The lowest BCUT2D eigenvalue weighted by molar-refractivity contribution is -0.205. The first-order chi connectivity index (χ1) is 8.63. The summed E-state index contributed by atoms with van der Waals surface area (Å²) in [4.78, 5) is 11.1. The minimum Gasteiger partial charge on any atom is -0.383 e. The number of benzene rings is 1. The third-order valence-electron chi connectivity index (χ3n) is 2.25. The number of aliphatic hydroxyl groups is 1. The Balaban J connectivity index is 2.73. The zero-order chi connectivity index (χ0) is 14.7. The van der Waals surface area contributed by atoms with E-state index in [0.29, 0.717) is 0 Å². The number of aliphatic hydroxyl groups excluding tert-OH is 1. The van der Waals surface area contributed by atoms with Gasteiger partial charge in [-0.05, 0) is 12.1 Å². The molecular formula is C11H11F3O4S. The molecule has 0 bridgehead atoms. The highest BCUT2D eigenvalue weighted by Crippen LogP contribution is 2.23. The Morgan fingerprint density at radius 1 is 1.21 bits per heavy atom. The SMILES string of the molecule is O=C(CC(O)C(F)(F)F)CS(=O)(=O)c1ccccc1. The molecule has 0 heterocycles. The van der Waals surface area contributed by atoms with Gasteiger partial charge in [-0.2, -0.15) is 13.2 Å². The molecule has 4 nitrogen and oxygen atoms in total. The summed E-state index contributed by atoms with van der Waals surface area (Å²) >= 11 is 0. The summed E-state index contributed by atoms with van der Waals surface area (Å²) in [6.45, 7) is 0. The number of sulfone groups is 1. The Bertz CT molecular complexity index is 537. The number of Topliss-reactive ketones (excluding diaryl/α,β-unsaturated/α-hetero) is 1. The molecule has 1 atom stereocenters. The van der Waals surface area contributed by atoms with Crippen LogP contribution in [-0.2, 0) is 14.6 Å². The number of rotatable bonds is 5. The molecule has 0 saturated heterocycles. The molecule has 0 aliphatic rings. The number of hydrogen-bond donors (Lipinski definition) is 1. The van der Waals surface area contributed by atoms with E-state index in [1.54, 1.807) is 6.07 Å². The van der Waals surface area contributed by atoms with Gasteiger partial charge in [0.15, 0.2) is 21.7 Å². The standard InChI is InChI=1S/C11H11F3O4S/c12-11(13,14)10(16)6-8(15)7-19(17,18)9-4-2-1-3-5-9/h1-5,10,16H,6-7H2. The molecule has 1 unspecified atom stereocenters. The Morgan fingerprint density at radius 3 is 2.21 bits per heavy atom. The summed E-state index contributed by atoms with van der Waals surface area (Å²) in [6.07, 6.45) is -9.05. The van der Waals surface area contributed by atoms with E-state index in [1.165, 1.54) is 24.3 Å². The Labute approximate surface area is 107 Å². The van der Waals surface area contributed by atoms with E-state index >= 15 is 0 Å². The molecule has 0 fully saturated rings. The second kappa shape index (κ2) is 5.70. The molecule has 0 saturated carbocycles. The Kier molecular flexibility index (Phi) is 4.70. The maximum atomic E-state index is 12.0. The van der Waals surface area contributed by atoms with Gasteiger partial charge in [0, 0.05) is 6.42 Å². The van der Waals surface area contributed by atoms with Crippen molar-refractivity contribution in [3.8, 4) is 0 Å². The second-order valence-electron chi connectivity index (χ2n) is 3.87. The number of carbonyl (C=O) groups is 1. The molecule has 1 aromatic carbocycles. The third kappa shape index (κ3) is 4.64. The van der Waals surface area contributed by atoms with Crippen molar-refractivity contribution in [1.29, 1.82) is 0 Å². The van der Waals surface area contributed by atoms with Crippen LogP contribution < -0.4 is 0 Å². The molecule has 0 spiro atoms. The van der Waals surface area contributed by atoms with Crippen molar-refractivity contribution in [2.24, 2.45) is 0 Å². The van der Waals surface area contributed by atoms with Crippen LogP contribution in [0.25, 0.3) is 0 Å². The highest BCUT2D eigenvalue weighted by molar-refractivity contribution is 7.92.